The Morgan fingerprint density at radius 3 is 2.44 bits per heavy atom. The van der Waals surface area contributed by atoms with Crippen LogP contribution >= 0.6 is 0 Å². The van der Waals surface area contributed by atoms with E-state index in [-0.39, 0.29) is 11.7 Å². The Morgan fingerprint density at radius 2 is 1.70 bits per heavy atom. The van der Waals surface area contributed by atoms with Gasteiger partial charge in [0.15, 0.2) is 5.96 Å². The predicted octanol–water partition coefficient (Wildman–Crippen LogP) is 2.87. The van der Waals surface area contributed by atoms with Crippen molar-refractivity contribution in [1.82, 2.24) is 16.0 Å². The topological polar surface area (TPSA) is 65.5 Å². The summed E-state index contributed by atoms with van der Waals surface area (Å²) < 4.78 is 13.2. The van der Waals surface area contributed by atoms with Crippen LogP contribution in [0.1, 0.15) is 35.3 Å². The van der Waals surface area contributed by atoms with E-state index < -0.39 is 0 Å². The van der Waals surface area contributed by atoms with Crippen LogP contribution in [-0.2, 0) is 13.0 Å². The Morgan fingerprint density at radius 1 is 0.963 bits per heavy atom. The lowest BCUT2D eigenvalue weighted by Gasteiger charge is -2.11. The molecular formula is C21H27FN4O. The number of hydrogen-bond acceptors (Lipinski definition) is 2. The largest absolute Gasteiger partial charge is 0.357 e. The molecule has 0 bridgehead atoms. The molecule has 144 valence electrons. The van der Waals surface area contributed by atoms with E-state index in [0.717, 1.165) is 17.7 Å². The van der Waals surface area contributed by atoms with Gasteiger partial charge in [0, 0.05) is 25.2 Å². The Kier molecular flexibility index (Phi) is 8.29. The summed E-state index contributed by atoms with van der Waals surface area (Å²) in [6, 6.07) is 14.1. The molecule has 0 saturated carbocycles. The number of amides is 1. The maximum absolute atomic E-state index is 13.2. The second-order valence-corrected chi connectivity index (χ2v) is 6.06. The van der Waals surface area contributed by atoms with E-state index in [1.54, 1.807) is 18.2 Å². The van der Waals surface area contributed by atoms with E-state index in [0.29, 0.717) is 37.6 Å². The Hall–Kier alpha value is -2.89. The van der Waals surface area contributed by atoms with E-state index in [1.165, 1.54) is 6.07 Å². The first-order valence-corrected chi connectivity index (χ1v) is 9.26. The quantitative estimate of drug-likeness (QED) is 0.494. The van der Waals surface area contributed by atoms with Gasteiger partial charge >= 0.3 is 0 Å². The van der Waals surface area contributed by atoms with Gasteiger partial charge in [-0.3, -0.25) is 4.79 Å². The molecule has 0 aliphatic heterocycles. The fourth-order valence-electron chi connectivity index (χ4n) is 2.60. The fraction of sp³-hybridized carbons (Fsp3) is 0.333. The van der Waals surface area contributed by atoms with Gasteiger partial charge in [-0.1, -0.05) is 24.3 Å². The summed E-state index contributed by atoms with van der Waals surface area (Å²) in [7, 11) is 0. The van der Waals surface area contributed by atoms with Crippen LogP contribution in [-0.4, -0.2) is 31.5 Å². The second kappa shape index (κ2) is 11.0. The fourth-order valence-corrected chi connectivity index (χ4v) is 2.60. The maximum Gasteiger partial charge on any atom is 0.251 e. The zero-order chi connectivity index (χ0) is 19.5. The van der Waals surface area contributed by atoms with Crippen LogP contribution in [0.5, 0.6) is 0 Å². The summed E-state index contributed by atoms with van der Waals surface area (Å²) in [5.74, 6) is 0.390. The smallest absolute Gasteiger partial charge is 0.251 e. The van der Waals surface area contributed by atoms with Crippen LogP contribution in [0.25, 0.3) is 0 Å². The summed E-state index contributed by atoms with van der Waals surface area (Å²) in [4.78, 5) is 16.5. The highest BCUT2D eigenvalue weighted by Gasteiger charge is 2.05. The lowest BCUT2D eigenvalue weighted by Crippen LogP contribution is -2.38. The number of carbonyl (C=O) groups excluding carboxylic acids is 1. The second-order valence-electron chi connectivity index (χ2n) is 6.06. The molecule has 0 radical (unpaired) electrons. The molecule has 3 N–H and O–H groups in total. The van der Waals surface area contributed by atoms with Crippen molar-refractivity contribution in [3.63, 3.8) is 0 Å². The number of rotatable bonds is 8. The highest BCUT2D eigenvalue weighted by atomic mass is 19.1. The Labute approximate surface area is 160 Å². The third kappa shape index (κ3) is 7.09. The lowest BCUT2D eigenvalue weighted by atomic mass is 10.1. The van der Waals surface area contributed by atoms with Gasteiger partial charge in [-0.25, -0.2) is 9.38 Å². The molecule has 0 unspecified atom stereocenters. The van der Waals surface area contributed by atoms with Crippen molar-refractivity contribution in [2.24, 2.45) is 4.99 Å². The van der Waals surface area contributed by atoms with Crippen molar-refractivity contribution >= 4 is 11.9 Å². The minimum atomic E-state index is -0.222. The van der Waals surface area contributed by atoms with Crippen molar-refractivity contribution in [1.29, 1.82) is 0 Å². The van der Waals surface area contributed by atoms with Gasteiger partial charge < -0.3 is 16.0 Å². The van der Waals surface area contributed by atoms with Crippen LogP contribution in [0.15, 0.2) is 53.5 Å². The molecule has 0 aliphatic rings. The predicted molar refractivity (Wildman–Crippen MR) is 107 cm³/mol. The lowest BCUT2D eigenvalue weighted by molar-refractivity contribution is 0.0955. The third-order valence-electron chi connectivity index (χ3n) is 3.89. The Bertz CT molecular complexity index is 776. The van der Waals surface area contributed by atoms with Crippen molar-refractivity contribution in [2.75, 3.05) is 19.6 Å². The average molecular weight is 370 g/mol. The van der Waals surface area contributed by atoms with Gasteiger partial charge in [0.2, 0.25) is 0 Å². The van der Waals surface area contributed by atoms with Gasteiger partial charge in [-0.15, -0.1) is 0 Å². The van der Waals surface area contributed by atoms with Crippen LogP contribution < -0.4 is 16.0 Å². The number of halogens is 1. The zero-order valence-corrected chi connectivity index (χ0v) is 15.9. The summed E-state index contributed by atoms with van der Waals surface area (Å²) in [5.41, 5.74) is 2.53. The molecule has 2 aromatic rings. The molecule has 0 aromatic heterocycles. The molecule has 6 heteroatoms. The minimum absolute atomic E-state index is 0.0801. The minimum Gasteiger partial charge on any atom is -0.357 e. The number of guanidine groups is 1. The first-order valence-electron chi connectivity index (χ1n) is 9.26. The van der Waals surface area contributed by atoms with Gasteiger partial charge in [0.25, 0.3) is 5.91 Å². The van der Waals surface area contributed by atoms with Gasteiger partial charge in [-0.2, -0.15) is 0 Å². The number of hydrogen-bond donors (Lipinski definition) is 3. The third-order valence-corrected chi connectivity index (χ3v) is 3.89. The molecule has 0 heterocycles. The molecule has 0 saturated heterocycles. The zero-order valence-electron chi connectivity index (χ0n) is 15.9. The summed E-state index contributed by atoms with van der Waals surface area (Å²) in [6.45, 7) is 6.34. The van der Waals surface area contributed by atoms with Crippen molar-refractivity contribution in [2.45, 2.75) is 26.8 Å². The van der Waals surface area contributed by atoms with Gasteiger partial charge in [0.1, 0.15) is 5.82 Å². The average Bonchev–Trinajstić information content (AvgIpc) is 2.66. The van der Waals surface area contributed by atoms with Crippen molar-refractivity contribution in [3.05, 3.63) is 71.0 Å². The molecule has 1 amide bonds. The van der Waals surface area contributed by atoms with E-state index in [2.05, 4.69) is 20.9 Å². The van der Waals surface area contributed by atoms with Gasteiger partial charge in [-0.05, 0) is 55.7 Å². The number of benzene rings is 2. The van der Waals surface area contributed by atoms with Crippen LogP contribution in [0.2, 0.25) is 0 Å². The van der Waals surface area contributed by atoms with Crippen molar-refractivity contribution < 1.29 is 9.18 Å². The molecule has 5 nitrogen and oxygen atoms in total. The van der Waals surface area contributed by atoms with Crippen LogP contribution in [0, 0.1) is 5.82 Å². The highest BCUT2D eigenvalue weighted by molar-refractivity contribution is 5.94. The number of nitrogens with zero attached hydrogens (tertiary/aromatic N) is 1. The molecule has 0 atom stereocenters. The standard InChI is InChI=1S/C21H27FN4O/c1-3-23-20(27)18-9-5-8-17(13-18)15-26-21(24-4-2)25-12-11-16-7-6-10-19(22)14-16/h5-10,13-14H,3-4,11-12,15H2,1-2H3,(H,23,27)(H2,24,25,26). The van der Waals surface area contributed by atoms with Crippen LogP contribution in [0.4, 0.5) is 4.39 Å². The Balaban J connectivity index is 1.94. The molecular weight excluding hydrogens is 343 g/mol. The monoisotopic (exact) mass is 370 g/mol. The SMILES string of the molecule is CCNC(=O)c1cccc(CN=C(NCC)NCCc2cccc(F)c2)c1. The van der Waals surface area contributed by atoms with Crippen molar-refractivity contribution in [3.8, 4) is 0 Å². The highest BCUT2D eigenvalue weighted by Crippen LogP contribution is 2.07. The molecule has 0 spiro atoms. The normalized spacial score (nSPS) is 11.1. The van der Waals surface area contributed by atoms with E-state index in [9.17, 15) is 9.18 Å². The number of nitrogens with one attached hydrogen (secondary N) is 3. The summed E-state index contributed by atoms with van der Waals surface area (Å²) in [6.07, 6.45) is 0.703. The maximum atomic E-state index is 13.2. The molecule has 0 aliphatic carbocycles. The van der Waals surface area contributed by atoms with E-state index in [4.69, 9.17) is 0 Å². The van der Waals surface area contributed by atoms with Gasteiger partial charge in [0.05, 0.1) is 6.54 Å². The van der Waals surface area contributed by atoms with E-state index >= 15 is 0 Å². The first-order chi connectivity index (χ1) is 13.1. The molecule has 2 rings (SSSR count). The molecule has 0 fully saturated rings. The van der Waals surface area contributed by atoms with Crippen LogP contribution in [0.3, 0.4) is 0 Å². The first kappa shape index (κ1) is 20.4. The molecule has 27 heavy (non-hydrogen) atoms. The summed E-state index contributed by atoms with van der Waals surface area (Å²) >= 11 is 0. The summed E-state index contributed by atoms with van der Waals surface area (Å²) in [5, 5.41) is 9.24. The van der Waals surface area contributed by atoms with E-state index in [1.807, 2.05) is 38.1 Å². The number of carbonyl (C=O) groups is 1. The molecule has 2 aromatic carbocycles. The number of aliphatic imine (C=N–C) groups is 1.